The van der Waals surface area contributed by atoms with Gasteiger partial charge >= 0.3 is 0 Å². The van der Waals surface area contributed by atoms with Crippen LogP contribution in [-0.4, -0.2) is 55.6 Å². The summed E-state index contributed by atoms with van der Waals surface area (Å²) in [5.74, 6) is 0.874. The lowest BCUT2D eigenvalue weighted by molar-refractivity contribution is 0.0559. The fraction of sp³-hybridized carbons (Fsp3) is 1.00. The highest BCUT2D eigenvalue weighted by Gasteiger charge is 2.35. The van der Waals surface area contributed by atoms with Crippen LogP contribution >= 0.6 is 0 Å². The molecular weight excluding hydrogens is 222 g/mol. The summed E-state index contributed by atoms with van der Waals surface area (Å²) in [5.41, 5.74) is 6.56. The molecule has 0 aromatic heterocycles. The first kappa shape index (κ1) is 14.3. The van der Waals surface area contributed by atoms with E-state index in [0.717, 1.165) is 12.5 Å². The van der Waals surface area contributed by atoms with Gasteiger partial charge in [-0.3, -0.25) is 0 Å². The predicted molar refractivity (Wildman–Crippen MR) is 77.7 cm³/mol. The molecule has 0 spiro atoms. The van der Waals surface area contributed by atoms with Crippen LogP contribution in [0.2, 0.25) is 0 Å². The van der Waals surface area contributed by atoms with Gasteiger partial charge in [-0.1, -0.05) is 26.7 Å². The molecule has 2 aliphatic rings. The van der Waals surface area contributed by atoms with E-state index >= 15 is 0 Å². The molecular formula is C15H31N3. The lowest BCUT2D eigenvalue weighted by Gasteiger charge is -2.44. The van der Waals surface area contributed by atoms with Gasteiger partial charge in [-0.05, 0) is 37.3 Å². The van der Waals surface area contributed by atoms with E-state index in [1.165, 1.54) is 65.0 Å². The molecule has 3 heteroatoms. The van der Waals surface area contributed by atoms with Gasteiger partial charge in [0.25, 0.3) is 0 Å². The van der Waals surface area contributed by atoms with Crippen LogP contribution in [0.15, 0.2) is 0 Å². The minimum atomic E-state index is 0.423. The smallest absolute Gasteiger partial charge is 0.0110 e. The third kappa shape index (κ3) is 3.46. The van der Waals surface area contributed by atoms with E-state index < -0.39 is 0 Å². The van der Waals surface area contributed by atoms with Crippen molar-refractivity contribution in [1.82, 2.24) is 9.80 Å². The van der Waals surface area contributed by atoms with Crippen LogP contribution in [-0.2, 0) is 0 Å². The number of rotatable bonds is 4. The van der Waals surface area contributed by atoms with Crippen molar-refractivity contribution >= 4 is 0 Å². The van der Waals surface area contributed by atoms with Gasteiger partial charge in [0.05, 0.1) is 0 Å². The standard InChI is InChI=1S/C15H31N3/c1-3-17-7-9-18(10-8-17)13-15(12-16)6-4-5-14(2)11-15/h14H,3-13,16H2,1-2H3. The highest BCUT2D eigenvalue weighted by molar-refractivity contribution is 4.90. The van der Waals surface area contributed by atoms with E-state index in [1.807, 2.05) is 0 Å². The van der Waals surface area contributed by atoms with E-state index in [4.69, 9.17) is 5.73 Å². The summed E-state index contributed by atoms with van der Waals surface area (Å²) in [7, 11) is 0. The molecule has 1 aliphatic heterocycles. The SMILES string of the molecule is CCN1CCN(CC2(CN)CCCC(C)C2)CC1. The van der Waals surface area contributed by atoms with Crippen molar-refractivity contribution in [2.45, 2.75) is 39.5 Å². The zero-order chi connectivity index (χ0) is 13.0. The van der Waals surface area contributed by atoms with Crippen molar-refractivity contribution in [1.29, 1.82) is 0 Å². The van der Waals surface area contributed by atoms with E-state index in [1.54, 1.807) is 0 Å². The van der Waals surface area contributed by atoms with Crippen molar-refractivity contribution < 1.29 is 0 Å². The number of nitrogens with zero attached hydrogens (tertiary/aromatic N) is 2. The van der Waals surface area contributed by atoms with Crippen molar-refractivity contribution in [2.24, 2.45) is 17.1 Å². The maximum absolute atomic E-state index is 6.13. The van der Waals surface area contributed by atoms with Gasteiger partial charge in [0, 0.05) is 32.7 Å². The number of hydrogen-bond donors (Lipinski definition) is 1. The van der Waals surface area contributed by atoms with Crippen LogP contribution < -0.4 is 5.73 Å². The van der Waals surface area contributed by atoms with Gasteiger partial charge in [-0.2, -0.15) is 0 Å². The van der Waals surface area contributed by atoms with Gasteiger partial charge in [0.15, 0.2) is 0 Å². The minimum Gasteiger partial charge on any atom is -0.330 e. The van der Waals surface area contributed by atoms with Crippen molar-refractivity contribution in [3.8, 4) is 0 Å². The molecule has 0 bridgehead atoms. The molecule has 1 heterocycles. The number of hydrogen-bond acceptors (Lipinski definition) is 3. The van der Waals surface area contributed by atoms with Crippen molar-refractivity contribution in [3.05, 3.63) is 0 Å². The summed E-state index contributed by atoms with van der Waals surface area (Å²) in [6.45, 7) is 13.0. The van der Waals surface area contributed by atoms with Crippen LogP contribution in [0, 0.1) is 11.3 Å². The first-order chi connectivity index (χ1) is 8.67. The van der Waals surface area contributed by atoms with E-state index in [-0.39, 0.29) is 0 Å². The second-order valence-corrected chi connectivity index (χ2v) is 6.62. The Bertz CT molecular complexity index is 248. The molecule has 2 N–H and O–H groups in total. The molecule has 2 fully saturated rings. The zero-order valence-corrected chi connectivity index (χ0v) is 12.3. The molecule has 3 nitrogen and oxygen atoms in total. The predicted octanol–water partition coefficient (Wildman–Crippen LogP) is 1.78. The summed E-state index contributed by atoms with van der Waals surface area (Å²) >= 11 is 0. The Hall–Kier alpha value is -0.120. The highest BCUT2D eigenvalue weighted by atomic mass is 15.3. The summed E-state index contributed by atoms with van der Waals surface area (Å²) < 4.78 is 0. The molecule has 1 saturated heterocycles. The number of nitrogens with two attached hydrogens (primary N) is 1. The summed E-state index contributed by atoms with van der Waals surface area (Å²) in [6.07, 6.45) is 5.48. The third-order valence-corrected chi connectivity index (χ3v) is 5.09. The molecule has 2 atom stereocenters. The summed E-state index contributed by atoms with van der Waals surface area (Å²) in [5, 5.41) is 0. The quantitative estimate of drug-likeness (QED) is 0.829. The maximum Gasteiger partial charge on any atom is 0.0110 e. The van der Waals surface area contributed by atoms with Crippen LogP contribution in [0.25, 0.3) is 0 Å². The molecule has 0 aromatic rings. The van der Waals surface area contributed by atoms with Crippen LogP contribution in [0.3, 0.4) is 0 Å². The molecule has 1 aliphatic carbocycles. The second kappa shape index (κ2) is 6.36. The van der Waals surface area contributed by atoms with Gasteiger partial charge in [0.2, 0.25) is 0 Å². The Morgan fingerprint density at radius 1 is 1.17 bits per heavy atom. The minimum absolute atomic E-state index is 0.423. The van der Waals surface area contributed by atoms with Crippen LogP contribution in [0.1, 0.15) is 39.5 Å². The Balaban J connectivity index is 1.86. The lowest BCUT2D eigenvalue weighted by atomic mass is 9.69. The maximum atomic E-state index is 6.13. The van der Waals surface area contributed by atoms with Crippen LogP contribution in [0.4, 0.5) is 0 Å². The van der Waals surface area contributed by atoms with Gasteiger partial charge in [0.1, 0.15) is 0 Å². The molecule has 2 unspecified atom stereocenters. The number of piperazine rings is 1. The van der Waals surface area contributed by atoms with E-state index in [2.05, 4.69) is 23.6 Å². The molecule has 2 rings (SSSR count). The monoisotopic (exact) mass is 253 g/mol. The largest absolute Gasteiger partial charge is 0.330 e. The third-order valence-electron chi connectivity index (χ3n) is 5.09. The summed E-state index contributed by atoms with van der Waals surface area (Å²) in [6, 6.07) is 0. The van der Waals surface area contributed by atoms with Crippen molar-refractivity contribution in [3.63, 3.8) is 0 Å². The normalized spacial score (nSPS) is 35.8. The molecule has 1 saturated carbocycles. The Morgan fingerprint density at radius 2 is 1.83 bits per heavy atom. The molecule has 0 amide bonds. The number of likely N-dealkylation sites (N-methyl/N-ethyl adjacent to an activating group) is 1. The Labute approximate surface area is 113 Å². The zero-order valence-electron chi connectivity index (χ0n) is 12.3. The second-order valence-electron chi connectivity index (χ2n) is 6.62. The lowest BCUT2D eigenvalue weighted by Crippen LogP contribution is -2.52. The van der Waals surface area contributed by atoms with E-state index in [0.29, 0.717) is 5.41 Å². The molecule has 18 heavy (non-hydrogen) atoms. The topological polar surface area (TPSA) is 32.5 Å². The fourth-order valence-electron chi connectivity index (χ4n) is 3.90. The van der Waals surface area contributed by atoms with Crippen LogP contribution in [0.5, 0.6) is 0 Å². The average molecular weight is 253 g/mol. The van der Waals surface area contributed by atoms with Gasteiger partial charge < -0.3 is 15.5 Å². The highest BCUT2D eigenvalue weighted by Crippen LogP contribution is 2.39. The van der Waals surface area contributed by atoms with Crippen molar-refractivity contribution in [2.75, 3.05) is 45.8 Å². The van der Waals surface area contributed by atoms with E-state index in [9.17, 15) is 0 Å². The van der Waals surface area contributed by atoms with Gasteiger partial charge in [-0.25, -0.2) is 0 Å². The molecule has 0 aromatic carbocycles. The average Bonchev–Trinajstić information content (AvgIpc) is 2.39. The fourth-order valence-corrected chi connectivity index (χ4v) is 3.90. The molecule has 106 valence electrons. The summed E-state index contributed by atoms with van der Waals surface area (Å²) in [4.78, 5) is 5.21. The Morgan fingerprint density at radius 3 is 2.39 bits per heavy atom. The Kier molecular flexibility index (Phi) is 5.05. The van der Waals surface area contributed by atoms with Gasteiger partial charge in [-0.15, -0.1) is 0 Å². The first-order valence-corrected chi connectivity index (χ1v) is 7.82. The molecule has 0 radical (unpaired) electrons. The first-order valence-electron chi connectivity index (χ1n) is 7.82.